The summed E-state index contributed by atoms with van der Waals surface area (Å²) in [6.45, 7) is 1.44. The standard InChI is InChI=1S/C12H15NO/c13-8-3-4-10-7-9-14-12-6-2-1-5-11(10)12/h1-2,5-7H,3-4,8-9,13H2. The van der Waals surface area contributed by atoms with Gasteiger partial charge in [0.15, 0.2) is 0 Å². The monoisotopic (exact) mass is 189 g/mol. The molecule has 1 aromatic carbocycles. The van der Waals surface area contributed by atoms with Crippen molar-refractivity contribution in [3.05, 3.63) is 35.9 Å². The molecule has 2 nitrogen and oxygen atoms in total. The fraction of sp³-hybridized carbons (Fsp3) is 0.333. The van der Waals surface area contributed by atoms with Gasteiger partial charge in [-0.1, -0.05) is 18.2 Å². The first-order valence-corrected chi connectivity index (χ1v) is 5.03. The molecule has 0 aliphatic carbocycles. The SMILES string of the molecule is NCCCC1=CCOc2ccccc21. The predicted molar refractivity (Wildman–Crippen MR) is 58.2 cm³/mol. The van der Waals surface area contributed by atoms with Gasteiger partial charge in [0.05, 0.1) is 0 Å². The number of fused-ring (bicyclic) bond motifs is 1. The van der Waals surface area contributed by atoms with Gasteiger partial charge in [0.1, 0.15) is 12.4 Å². The van der Waals surface area contributed by atoms with Crippen molar-refractivity contribution < 1.29 is 4.74 Å². The van der Waals surface area contributed by atoms with Crippen LogP contribution in [0.3, 0.4) is 0 Å². The zero-order chi connectivity index (χ0) is 9.80. The third-order valence-electron chi connectivity index (χ3n) is 2.45. The molecule has 0 aromatic heterocycles. The first-order valence-electron chi connectivity index (χ1n) is 5.03. The molecule has 0 saturated carbocycles. The average molecular weight is 189 g/mol. The maximum absolute atomic E-state index is 5.53. The highest BCUT2D eigenvalue weighted by molar-refractivity contribution is 5.72. The molecule has 0 amide bonds. The van der Waals surface area contributed by atoms with E-state index in [-0.39, 0.29) is 0 Å². The number of hydrogen-bond acceptors (Lipinski definition) is 2. The smallest absolute Gasteiger partial charge is 0.127 e. The van der Waals surface area contributed by atoms with Crippen molar-refractivity contribution in [2.75, 3.05) is 13.2 Å². The van der Waals surface area contributed by atoms with Gasteiger partial charge in [-0.25, -0.2) is 0 Å². The van der Waals surface area contributed by atoms with Crippen molar-refractivity contribution in [2.24, 2.45) is 5.73 Å². The second-order valence-corrected chi connectivity index (χ2v) is 3.43. The van der Waals surface area contributed by atoms with E-state index >= 15 is 0 Å². The first kappa shape index (κ1) is 9.28. The zero-order valence-electron chi connectivity index (χ0n) is 8.20. The molecule has 1 aliphatic heterocycles. The predicted octanol–water partition coefficient (Wildman–Crippen LogP) is 2.20. The molecule has 0 radical (unpaired) electrons. The van der Waals surface area contributed by atoms with Gasteiger partial charge in [-0.05, 0) is 37.1 Å². The number of para-hydroxylation sites is 1. The lowest BCUT2D eigenvalue weighted by molar-refractivity contribution is 0.356. The van der Waals surface area contributed by atoms with Crippen LogP contribution in [0.5, 0.6) is 5.75 Å². The fourth-order valence-electron chi connectivity index (χ4n) is 1.73. The van der Waals surface area contributed by atoms with Gasteiger partial charge in [-0.3, -0.25) is 0 Å². The van der Waals surface area contributed by atoms with E-state index in [1.165, 1.54) is 11.1 Å². The van der Waals surface area contributed by atoms with Crippen molar-refractivity contribution in [3.8, 4) is 5.75 Å². The van der Waals surface area contributed by atoms with E-state index in [1.807, 2.05) is 18.2 Å². The summed E-state index contributed by atoms with van der Waals surface area (Å²) >= 11 is 0. The van der Waals surface area contributed by atoms with Crippen LogP contribution in [0.2, 0.25) is 0 Å². The Bertz CT molecular complexity index is 344. The van der Waals surface area contributed by atoms with Gasteiger partial charge >= 0.3 is 0 Å². The van der Waals surface area contributed by atoms with Gasteiger partial charge in [-0.15, -0.1) is 0 Å². The topological polar surface area (TPSA) is 35.2 Å². The minimum absolute atomic E-state index is 0.691. The van der Waals surface area contributed by atoms with Crippen molar-refractivity contribution in [3.63, 3.8) is 0 Å². The quantitative estimate of drug-likeness (QED) is 0.791. The molecule has 0 bridgehead atoms. The van der Waals surface area contributed by atoms with E-state index < -0.39 is 0 Å². The summed E-state index contributed by atoms with van der Waals surface area (Å²) < 4.78 is 5.53. The van der Waals surface area contributed by atoms with Gasteiger partial charge in [-0.2, -0.15) is 0 Å². The van der Waals surface area contributed by atoms with Crippen LogP contribution in [0.1, 0.15) is 18.4 Å². The van der Waals surface area contributed by atoms with E-state index in [2.05, 4.69) is 12.1 Å². The molecule has 0 fully saturated rings. The van der Waals surface area contributed by atoms with Crippen LogP contribution >= 0.6 is 0 Å². The Morgan fingerprint density at radius 3 is 3.00 bits per heavy atom. The number of allylic oxidation sites excluding steroid dienone is 1. The molecule has 74 valence electrons. The van der Waals surface area contributed by atoms with E-state index in [0.717, 1.165) is 25.1 Å². The van der Waals surface area contributed by atoms with Crippen LogP contribution in [0.4, 0.5) is 0 Å². The van der Waals surface area contributed by atoms with Gasteiger partial charge in [0.25, 0.3) is 0 Å². The molecule has 2 rings (SSSR count). The Kier molecular flexibility index (Phi) is 2.84. The summed E-state index contributed by atoms with van der Waals surface area (Å²) in [5.74, 6) is 1.00. The maximum atomic E-state index is 5.53. The third kappa shape index (κ3) is 1.80. The molecular weight excluding hydrogens is 174 g/mol. The first-order chi connectivity index (χ1) is 6.92. The highest BCUT2D eigenvalue weighted by atomic mass is 16.5. The van der Waals surface area contributed by atoms with Crippen LogP contribution in [0.25, 0.3) is 5.57 Å². The molecule has 0 spiro atoms. The largest absolute Gasteiger partial charge is 0.489 e. The lowest BCUT2D eigenvalue weighted by Crippen LogP contribution is -2.06. The maximum Gasteiger partial charge on any atom is 0.127 e. The molecule has 1 aliphatic rings. The lowest BCUT2D eigenvalue weighted by Gasteiger charge is -2.18. The highest BCUT2D eigenvalue weighted by Crippen LogP contribution is 2.31. The summed E-state index contributed by atoms with van der Waals surface area (Å²) in [4.78, 5) is 0. The van der Waals surface area contributed by atoms with E-state index in [1.54, 1.807) is 0 Å². The van der Waals surface area contributed by atoms with E-state index in [9.17, 15) is 0 Å². The Balaban J connectivity index is 2.22. The van der Waals surface area contributed by atoms with Gasteiger partial charge in [0, 0.05) is 5.56 Å². The molecular formula is C12H15NO. The van der Waals surface area contributed by atoms with E-state index in [0.29, 0.717) is 6.61 Å². The van der Waals surface area contributed by atoms with Crippen LogP contribution in [-0.4, -0.2) is 13.2 Å². The van der Waals surface area contributed by atoms with Crippen molar-refractivity contribution in [1.82, 2.24) is 0 Å². The molecule has 1 heterocycles. The molecule has 14 heavy (non-hydrogen) atoms. The Morgan fingerprint density at radius 2 is 2.14 bits per heavy atom. The summed E-state index contributed by atoms with van der Waals surface area (Å²) in [6.07, 6.45) is 4.25. The fourth-order valence-corrected chi connectivity index (χ4v) is 1.73. The van der Waals surface area contributed by atoms with Gasteiger partial charge < -0.3 is 10.5 Å². The van der Waals surface area contributed by atoms with Crippen LogP contribution in [0, 0.1) is 0 Å². The number of ether oxygens (including phenoxy) is 1. The Hall–Kier alpha value is -1.28. The summed E-state index contributed by atoms with van der Waals surface area (Å²) in [5.41, 5.74) is 8.11. The number of nitrogens with two attached hydrogens (primary N) is 1. The lowest BCUT2D eigenvalue weighted by atomic mass is 9.98. The molecule has 1 aromatic rings. The molecule has 2 heteroatoms. The second kappa shape index (κ2) is 4.29. The van der Waals surface area contributed by atoms with Crippen molar-refractivity contribution in [1.29, 1.82) is 0 Å². The highest BCUT2D eigenvalue weighted by Gasteiger charge is 2.11. The second-order valence-electron chi connectivity index (χ2n) is 3.43. The normalized spacial score (nSPS) is 14.2. The van der Waals surface area contributed by atoms with Crippen LogP contribution in [-0.2, 0) is 0 Å². The third-order valence-corrected chi connectivity index (χ3v) is 2.45. The molecule has 0 unspecified atom stereocenters. The van der Waals surface area contributed by atoms with Crippen LogP contribution in [0.15, 0.2) is 30.3 Å². The van der Waals surface area contributed by atoms with Crippen molar-refractivity contribution >= 4 is 5.57 Å². The van der Waals surface area contributed by atoms with Gasteiger partial charge in [0.2, 0.25) is 0 Å². The number of hydrogen-bond donors (Lipinski definition) is 1. The van der Waals surface area contributed by atoms with Crippen molar-refractivity contribution in [2.45, 2.75) is 12.8 Å². The molecule has 2 N–H and O–H groups in total. The van der Waals surface area contributed by atoms with Crippen LogP contribution < -0.4 is 10.5 Å². The van der Waals surface area contributed by atoms with E-state index in [4.69, 9.17) is 10.5 Å². The summed E-state index contributed by atoms with van der Waals surface area (Å²) in [5, 5.41) is 0. The molecule has 0 saturated heterocycles. The summed E-state index contributed by atoms with van der Waals surface area (Å²) in [6, 6.07) is 8.18. The Labute approximate surface area is 84.4 Å². The zero-order valence-corrected chi connectivity index (χ0v) is 8.20. The Morgan fingerprint density at radius 1 is 1.29 bits per heavy atom. The number of rotatable bonds is 3. The minimum atomic E-state index is 0.691. The summed E-state index contributed by atoms with van der Waals surface area (Å²) in [7, 11) is 0. The average Bonchev–Trinajstić information content (AvgIpc) is 2.26. The minimum Gasteiger partial charge on any atom is -0.489 e. The number of benzene rings is 1. The molecule has 0 atom stereocenters.